The lowest BCUT2D eigenvalue weighted by molar-refractivity contribution is -0.435. The summed E-state index contributed by atoms with van der Waals surface area (Å²) >= 11 is 9.65. The van der Waals surface area contributed by atoms with E-state index in [-0.39, 0.29) is 24.0 Å². The van der Waals surface area contributed by atoms with E-state index in [0.717, 1.165) is 34.6 Å². The van der Waals surface area contributed by atoms with E-state index in [0.29, 0.717) is 4.86 Å². The summed E-state index contributed by atoms with van der Waals surface area (Å²) in [5.41, 5.74) is 3.01. The summed E-state index contributed by atoms with van der Waals surface area (Å²) in [6.07, 6.45) is 3.14. The third kappa shape index (κ3) is 2.81. The standard InChI is InChI=1S/C11H13NOS2.HI/c1-4-8-7(2)10(14)11(15)9(5-6-13)12(8)3;/h5-6H,4H2,1-3H3;1H/b9-5+;. The maximum atomic E-state index is 10.5. The SMILES string of the molecule is CCC1=[N+](C)/C(=C/C=O)C(=S)C(S)=C1C.[I-]. The Morgan fingerprint density at radius 3 is 2.50 bits per heavy atom. The van der Waals surface area contributed by atoms with Crippen molar-refractivity contribution in [3.8, 4) is 0 Å². The summed E-state index contributed by atoms with van der Waals surface area (Å²) in [5.74, 6) is 0. The van der Waals surface area contributed by atoms with Gasteiger partial charge in [-0.15, -0.1) is 12.6 Å². The van der Waals surface area contributed by atoms with Gasteiger partial charge in [0.15, 0.2) is 5.71 Å². The van der Waals surface area contributed by atoms with Crippen molar-refractivity contribution in [1.82, 2.24) is 0 Å². The number of aldehydes is 1. The number of rotatable bonds is 2. The number of allylic oxidation sites excluding steroid dienone is 3. The largest absolute Gasteiger partial charge is 1.00 e. The Hall–Kier alpha value is -0.0100. The Morgan fingerprint density at radius 1 is 1.50 bits per heavy atom. The minimum atomic E-state index is 0. The molecule has 0 spiro atoms. The summed E-state index contributed by atoms with van der Waals surface area (Å²) < 4.78 is 1.96. The molecule has 0 amide bonds. The molecule has 0 saturated carbocycles. The van der Waals surface area contributed by atoms with Crippen LogP contribution in [0.1, 0.15) is 20.3 Å². The zero-order valence-corrected chi connectivity index (χ0v) is 13.3. The fourth-order valence-electron chi connectivity index (χ4n) is 1.73. The first-order valence-corrected chi connectivity index (χ1v) is 5.60. The highest BCUT2D eigenvalue weighted by molar-refractivity contribution is 7.90. The quantitative estimate of drug-likeness (QED) is 0.171. The smallest absolute Gasteiger partial charge is 0.227 e. The zero-order chi connectivity index (χ0) is 11.6. The lowest BCUT2D eigenvalue weighted by Gasteiger charge is -2.16. The summed E-state index contributed by atoms with van der Waals surface area (Å²) in [5, 5.41) is 0. The van der Waals surface area contributed by atoms with Crippen LogP contribution >= 0.6 is 24.8 Å². The molecule has 0 bridgehead atoms. The molecule has 0 radical (unpaired) electrons. The van der Waals surface area contributed by atoms with Crippen molar-refractivity contribution in [3.63, 3.8) is 0 Å². The molecule has 0 saturated heterocycles. The molecule has 16 heavy (non-hydrogen) atoms. The number of carbonyl (C=O) groups is 1. The van der Waals surface area contributed by atoms with Crippen molar-refractivity contribution >= 4 is 41.7 Å². The number of nitrogens with zero attached hydrogens (tertiary/aromatic N) is 1. The lowest BCUT2D eigenvalue weighted by Crippen LogP contribution is -3.00. The molecular formula is C11H14INOS2. The Labute approximate surface area is 124 Å². The van der Waals surface area contributed by atoms with Gasteiger partial charge in [-0.2, -0.15) is 4.58 Å². The van der Waals surface area contributed by atoms with E-state index in [2.05, 4.69) is 19.6 Å². The summed E-state index contributed by atoms with van der Waals surface area (Å²) in [7, 11) is 1.92. The Kier molecular flexibility index (Phi) is 6.65. The van der Waals surface area contributed by atoms with Gasteiger partial charge in [0.05, 0.1) is 6.08 Å². The molecule has 0 aromatic carbocycles. The summed E-state index contributed by atoms with van der Waals surface area (Å²) in [6.45, 7) is 4.07. The molecule has 0 atom stereocenters. The predicted molar refractivity (Wildman–Crippen MR) is 69.9 cm³/mol. The van der Waals surface area contributed by atoms with Crippen LogP contribution < -0.4 is 24.0 Å². The second-order valence-electron chi connectivity index (χ2n) is 3.35. The van der Waals surface area contributed by atoms with E-state index < -0.39 is 0 Å². The third-order valence-electron chi connectivity index (χ3n) is 2.56. The highest BCUT2D eigenvalue weighted by Crippen LogP contribution is 2.24. The number of halogens is 1. The van der Waals surface area contributed by atoms with Crippen LogP contribution in [0.25, 0.3) is 0 Å². The number of thiol groups is 1. The number of thiocarbonyl (C=S) groups is 1. The average Bonchev–Trinajstić information content (AvgIpc) is 2.22. The molecule has 1 rings (SSSR count). The third-order valence-corrected chi connectivity index (χ3v) is 3.69. The topological polar surface area (TPSA) is 20.1 Å². The molecule has 0 unspecified atom stereocenters. The van der Waals surface area contributed by atoms with Gasteiger partial charge in [0, 0.05) is 16.9 Å². The first-order chi connectivity index (χ1) is 7.04. The number of hydrogen-bond donors (Lipinski definition) is 1. The molecule has 0 fully saturated rings. The monoisotopic (exact) mass is 367 g/mol. The van der Waals surface area contributed by atoms with Gasteiger partial charge >= 0.3 is 0 Å². The Balaban J connectivity index is 0.00000225. The van der Waals surface area contributed by atoms with Crippen molar-refractivity contribution in [2.75, 3.05) is 7.05 Å². The predicted octanol–water partition coefficient (Wildman–Crippen LogP) is -0.846. The van der Waals surface area contributed by atoms with Crippen molar-refractivity contribution in [2.45, 2.75) is 20.3 Å². The lowest BCUT2D eigenvalue weighted by atomic mass is 10.0. The molecule has 5 heteroatoms. The second-order valence-corrected chi connectivity index (χ2v) is 4.21. The van der Waals surface area contributed by atoms with Crippen LogP contribution in [0.15, 0.2) is 22.3 Å². The molecular weight excluding hydrogens is 353 g/mol. The van der Waals surface area contributed by atoms with Crippen LogP contribution in [0.4, 0.5) is 0 Å². The van der Waals surface area contributed by atoms with Gasteiger partial charge in [0.25, 0.3) is 0 Å². The van der Waals surface area contributed by atoms with Crippen LogP contribution in [0, 0.1) is 0 Å². The fourth-order valence-corrected chi connectivity index (χ4v) is 2.33. The van der Waals surface area contributed by atoms with Crippen molar-refractivity contribution in [2.24, 2.45) is 0 Å². The molecule has 0 N–H and O–H groups in total. The number of carbonyl (C=O) groups excluding carboxylic acids is 1. The molecule has 1 heterocycles. The van der Waals surface area contributed by atoms with Gasteiger partial charge < -0.3 is 24.0 Å². The zero-order valence-electron chi connectivity index (χ0n) is 9.45. The van der Waals surface area contributed by atoms with E-state index in [1.807, 2.05) is 18.5 Å². The maximum absolute atomic E-state index is 10.5. The molecule has 1 aliphatic heterocycles. The Bertz CT molecular complexity index is 422. The van der Waals surface area contributed by atoms with E-state index in [9.17, 15) is 4.79 Å². The highest BCUT2D eigenvalue weighted by atomic mass is 127. The van der Waals surface area contributed by atoms with Crippen LogP contribution in [0.3, 0.4) is 0 Å². The Morgan fingerprint density at radius 2 is 2.06 bits per heavy atom. The minimum Gasteiger partial charge on any atom is -1.00 e. The highest BCUT2D eigenvalue weighted by Gasteiger charge is 2.29. The van der Waals surface area contributed by atoms with Gasteiger partial charge in [-0.1, -0.05) is 19.1 Å². The van der Waals surface area contributed by atoms with Gasteiger partial charge in [-0.3, -0.25) is 4.79 Å². The van der Waals surface area contributed by atoms with E-state index in [1.165, 1.54) is 6.08 Å². The molecule has 2 nitrogen and oxygen atoms in total. The molecule has 1 aliphatic rings. The minimum absolute atomic E-state index is 0. The molecule has 0 aromatic rings. The number of hydrogen-bond acceptors (Lipinski definition) is 3. The molecule has 0 aromatic heterocycles. The van der Waals surface area contributed by atoms with Crippen LogP contribution in [0.5, 0.6) is 0 Å². The summed E-state index contributed by atoms with van der Waals surface area (Å²) in [6, 6.07) is 0. The first kappa shape index (κ1) is 16.0. The normalized spacial score (nSPS) is 19.0. The van der Waals surface area contributed by atoms with Crippen LogP contribution in [-0.2, 0) is 4.79 Å². The summed E-state index contributed by atoms with van der Waals surface area (Å²) in [4.78, 5) is 12.0. The molecule has 0 aliphatic carbocycles. The van der Waals surface area contributed by atoms with Crippen molar-refractivity contribution in [1.29, 1.82) is 0 Å². The van der Waals surface area contributed by atoms with Crippen LogP contribution in [0.2, 0.25) is 0 Å². The maximum Gasteiger partial charge on any atom is 0.227 e. The van der Waals surface area contributed by atoms with Crippen LogP contribution in [-0.4, -0.2) is 28.5 Å². The van der Waals surface area contributed by atoms with Gasteiger partial charge in [-0.25, -0.2) is 0 Å². The molecule has 88 valence electrons. The van der Waals surface area contributed by atoms with Gasteiger partial charge in [-0.05, 0) is 6.92 Å². The van der Waals surface area contributed by atoms with E-state index in [4.69, 9.17) is 12.2 Å². The first-order valence-electron chi connectivity index (χ1n) is 4.74. The fraction of sp³-hybridized carbons (Fsp3) is 0.364. The average molecular weight is 367 g/mol. The van der Waals surface area contributed by atoms with Gasteiger partial charge in [0.1, 0.15) is 18.2 Å². The van der Waals surface area contributed by atoms with Crippen molar-refractivity contribution < 1.29 is 33.3 Å². The van der Waals surface area contributed by atoms with Gasteiger partial charge in [0.2, 0.25) is 5.70 Å². The second kappa shape index (κ2) is 6.66. The van der Waals surface area contributed by atoms with Crippen molar-refractivity contribution in [3.05, 3.63) is 22.3 Å². The van der Waals surface area contributed by atoms with E-state index >= 15 is 0 Å². The van der Waals surface area contributed by atoms with E-state index in [1.54, 1.807) is 0 Å².